The third-order valence-electron chi connectivity index (χ3n) is 1.91. The molecule has 5 nitrogen and oxygen atoms in total. The van der Waals surface area contributed by atoms with Gasteiger partial charge in [0.05, 0.1) is 0 Å². The van der Waals surface area contributed by atoms with Gasteiger partial charge in [-0.15, -0.1) is 5.34 Å². The summed E-state index contributed by atoms with van der Waals surface area (Å²) in [6.45, 7) is 0. The summed E-state index contributed by atoms with van der Waals surface area (Å²) in [7, 11) is 0. The lowest BCUT2D eigenvalue weighted by atomic mass is 10.3. The van der Waals surface area contributed by atoms with Crippen molar-refractivity contribution >= 4 is 5.69 Å². The summed E-state index contributed by atoms with van der Waals surface area (Å²) in [5.74, 6) is 0. The standard InChI is InChI=1S/C11H11N2.HNO2/c12-10-4-6-11(7-5-10)13-8-2-1-3-9-13;2-1-3/h1-9H,12H2;(H,2,3)/q+1;/p-1. The van der Waals surface area contributed by atoms with Gasteiger partial charge in [0, 0.05) is 30.0 Å². The Morgan fingerprint density at radius 2 is 1.56 bits per heavy atom. The van der Waals surface area contributed by atoms with E-state index in [4.69, 9.17) is 15.8 Å². The number of nitrogens with zero attached hydrogens (tertiary/aromatic N) is 2. The van der Waals surface area contributed by atoms with Gasteiger partial charge in [0.1, 0.15) is 0 Å². The number of pyridine rings is 1. The van der Waals surface area contributed by atoms with E-state index in [0.717, 1.165) is 16.7 Å². The van der Waals surface area contributed by atoms with Gasteiger partial charge in [0.25, 0.3) is 0 Å². The fraction of sp³-hybridized carbons (Fsp3) is 0. The van der Waals surface area contributed by atoms with Crippen molar-refractivity contribution in [3.8, 4) is 5.69 Å². The Kier molecular flexibility index (Phi) is 4.46. The summed E-state index contributed by atoms with van der Waals surface area (Å²) in [6.07, 6.45) is 4.01. The molecule has 2 aromatic rings. The van der Waals surface area contributed by atoms with E-state index in [1.807, 2.05) is 59.4 Å². The fourth-order valence-electron chi connectivity index (χ4n) is 1.22. The number of nitrogen functional groups attached to an aromatic ring is 1. The molecule has 5 heteroatoms. The van der Waals surface area contributed by atoms with E-state index < -0.39 is 0 Å². The van der Waals surface area contributed by atoms with Gasteiger partial charge in [-0.05, 0) is 12.1 Å². The van der Waals surface area contributed by atoms with E-state index in [-0.39, 0.29) is 0 Å². The Labute approximate surface area is 92.7 Å². The Hall–Kier alpha value is -2.43. The highest BCUT2D eigenvalue weighted by molar-refractivity contribution is 5.41. The Morgan fingerprint density at radius 1 is 1.06 bits per heavy atom. The van der Waals surface area contributed by atoms with Crippen LogP contribution in [0.4, 0.5) is 5.69 Å². The molecule has 0 unspecified atom stereocenters. The second kappa shape index (κ2) is 6.13. The molecule has 16 heavy (non-hydrogen) atoms. The van der Waals surface area contributed by atoms with Crippen LogP contribution in [-0.4, -0.2) is 0 Å². The van der Waals surface area contributed by atoms with Crippen molar-refractivity contribution < 1.29 is 4.57 Å². The van der Waals surface area contributed by atoms with Crippen LogP contribution in [0.15, 0.2) is 60.2 Å². The van der Waals surface area contributed by atoms with E-state index in [0.29, 0.717) is 0 Å². The third kappa shape index (κ3) is 3.38. The van der Waals surface area contributed by atoms with Crippen molar-refractivity contribution in [2.45, 2.75) is 0 Å². The monoisotopic (exact) mass is 217 g/mol. The highest BCUT2D eigenvalue weighted by Crippen LogP contribution is 2.04. The average molecular weight is 217 g/mol. The molecule has 0 bridgehead atoms. The SMILES string of the molecule is Nc1ccc(-[n+]2ccccc2)cc1.O=N[O-]. The van der Waals surface area contributed by atoms with E-state index in [1.165, 1.54) is 0 Å². The van der Waals surface area contributed by atoms with Crippen LogP contribution in [0, 0.1) is 10.1 Å². The Bertz CT molecular complexity index is 429. The van der Waals surface area contributed by atoms with Gasteiger partial charge in [-0.2, -0.15) is 4.57 Å². The van der Waals surface area contributed by atoms with E-state index >= 15 is 0 Å². The van der Waals surface area contributed by atoms with Gasteiger partial charge in [-0.1, -0.05) is 6.07 Å². The first kappa shape index (κ1) is 11.6. The van der Waals surface area contributed by atoms with Gasteiger partial charge < -0.3 is 15.8 Å². The van der Waals surface area contributed by atoms with Crippen LogP contribution in [0.5, 0.6) is 0 Å². The number of rotatable bonds is 1. The Morgan fingerprint density at radius 3 is 2.06 bits per heavy atom. The minimum Gasteiger partial charge on any atom is -0.444 e. The van der Waals surface area contributed by atoms with Gasteiger partial charge in [0.2, 0.25) is 5.69 Å². The first-order valence-corrected chi connectivity index (χ1v) is 4.55. The number of benzene rings is 1. The van der Waals surface area contributed by atoms with Gasteiger partial charge in [0.15, 0.2) is 12.4 Å². The smallest absolute Gasteiger partial charge is 0.210 e. The van der Waals surface area contributed by atoms with E-state index in [2.05, 4.69) is 0 Å². The summed E-state index contributed by atoms with van der Waals surface area (Å²) < 4.78 is 2.04. The minimum absolute atomic E-state index is 0.792. The van der Waals surface area contributed by atoms with Crippen LogP contribution < -0.4 is 10.3 Å². The third-order valence-corrected chi connectivity index (χ3v) is 1.91. The lowest BCUT2D eigenvalue weighted by Crippen LogP contribution is -2.28. The van der Waals surface area contributed by atoms with Crippen molar-refractivity contribution in [3.63, 3.8) is 0 Å². The van der Waals surface area contributed by atoms with Gasteiger partial charge in [-0.25, -0.2) is 0 Å². The van der Waals surface area contributed by atoms with Crippen molar-refractivity contribution in [2.24, 2.45) is 5.34 Å². The number of nitrogens with two attached hydrogens (primary N) is 1. The normalized spacial score (nSPS) is 8.75. The maximum Gasteiger partial charge on any atom is 0.210 e. The minimum atomic E-state index is 0.792. The fourth-order valence-corrected chi connectivity index (χ4v) is 1.22. The van der Waals surface area contributed by atoms with Crippen LogP contribution in [-0.2, 0) is 0 Å². The van der Waals surface area contributed by atoms with Crippen LogP contribution in [0.25, 0.3) is 5.69 Å². The molecule has 0 aliphatic carbocycles. The van der Waals surface area contributed by atoms with Crippen LogP contribution in [0.2, 0.25) is 0 Å². The second-order valence-corrected chi connectivity index (χ2v) is 2.95. The molecule has 0 aliphatic rings. The lowest BCUT2D eigenvalue weighted by molar-refractivity contribution is -0.595. The molecule has 1 heterocycles. The van der Waals surface area contributed by atoms with Gasteiger partial charge in [-0.3, -0.25) is 0 Å². The highest BCUT2D eigenvalue weighted by Gasteiger charge is 2.01. The number of hydrogen-bond acceptors (Lipinski definition) is 4. The maximum atomic E-state index is 8.00. The number of hydrogen-bond donors (Lipinski definition) is 1. The van der Waals surface area contributed by atoms with Crippen molar-refractivity contribution in [2.75, 3.05) is 5.73 Å². The second-order valence-electron chi connectivity index (χ2n) is 2.95. The molecule has 0 radical (unpaired) electrons. The first-order chi connectivity index (χ1) is 7.77. The van der Waals surface area contributed by atoms with E-state index in [1.54, 1.807) is 0 Å². The maximum absolute atomic E-state index is 8.00. The van der Waals surface area contributed by atoms with Crippen LogP contribution in [0.1, 0.15) is 0 Å². The molecule has 2 rings (SSSR count). The molecular weight excluding hydrogens is 206 g/mol. The topological polar surface area (TPSA) is 82.4 Å². The van der Waals surface area contributed by atoms with Crippen LogP contribution >= 0.6 is 0 Å². The summed E-state index contributed by atoms with van der Waals surface area (Å²) in [4.78, 5) is 8.00. The number of anilines is 1. The molecule has 0 saturated carbocycles. The Balaban J connectivity index is 0.000000386. The number of aromatic nitrogens is 1. The zero-order chi connectivity index (χ0) is 11.8. The average Bonchev–Trinajstić information content (AvgIpc) is 2.32. The molecular formula is C11H11N3O2. The van der Waals surface area contributed by atoms with Crippen molar-refractivity contribution in [1.82, 2.24) is 0 Å². The molecule has 0 amide bonds. The summed E-state index contributed by atoms with van der Waals surface area (Å²) in [5, 5.41) is 9.00. The highest BCUT2D eigenvalue weighted by atomic mass is 16.6. The molecule has 0 spiro atoms. The summed E-state index contributed by atoms with van der Waals surface area (Å²) >= 11 is 0. The predicted molar refractivity (Wildman–Crippen MR) is 61.5 cm³/mol. The zero-order valence-corrected chi connectivity index (χ0v) is 8.48. The molecule has 0 atom stereocenters. The quantitative estimate of drug-likeness (QED) is 0.342. The zero-order valence-electron chi connectivity index (χ0n) is 8.48. The van der Waals surface area contributed by atoms with Crippen molar-refractivity contribution in [3.05, 3.63) is 65.0 Å². The lowest BCUT2D eigenvalue weighted by Gasteiger charge is -1.94. The summed E-state index contributed by atoms with van der Waals surface area (Å²) in [6, 6.07) is 13.8. The molecule has 0 fully saturated rings. The first-order valence-electron chi connectivity index (χ1n) is 4.55. The predicted octanol–water partition coefficient (Wildman–Crippen LogP) is 1.80. The van der Waals surface area contributed by atoms with Crippen LogP contribution in [0.3, 0.4) is 0 Å². The summed E-state index contributed by atoms with van der Waals surface area (Å²) in [5.41, 5.74) is 7.51. The molecule has 0 saturated heterocycles. The molecule has 1 aromatic heterocycles. The van der Waals surface area contributed by atoms with E-state index in [9.17, 15) is 0 Å². The molecule has 1 aromatic carbocycles. The molecule has 82 valence electrons. The van der Waals surface area contributed by atoms with Crippen molar-refractivity contribution in [1.29, 1.82) is 0 Å². The van der Waals surface area contributed by atoms with Gasteiger partial charge >= 0.3 is 0 Å². The largest absolute Gasteiger partial charge is 0.444 e. The molecule has 0 aliphatic heterocycles. The molecule has 2 N–H and O–H groups in total.